The zero-order chi connectivity index (χ0) is 23.8. The largest absolute Gasteiger partial charge is 0.449 e. The Hall–Kier alpha value is -3.91. The molecular weight excluding hydrogens is 440 g/mol. The number of nitrogens with zero attached hydrogens (tertiary/aromatic N) is 1. The molecule has 0 fully saturated rings. The highest BCUT2D eigenvalue weighted by Crippen LogP contribution is 2.24. The second-order valence-corrected chi connectivity index (χ2v) is 8.95. The maximum absolute atomic E-state index is 13.3. The number of carbonyl (C=O) groups is 2. The summed E-state index contributed by atoms with van der Waals surface area (Å²) in [4.78, 5) is 24.9. The van der Waals surface area contributed by atoms with Crippen LogP contribution in [0.2, 0.25) is 0 Å². The first-order valence-electron chi connectivity index (χ1n) is 10.2. The molecule has 0 aromatic heterocycles. The van der Waals surface area contributed by atoms with E-state index < -0.39 is 28.0 Å². The minimum Gasteiger partial charge on any atom is -0.449 e. The maximum Gasteiger partial charge on any atom is 0.338 e. The Bertz CT molecular complexity index is 1230. The zero-order valence-electron chi connectivity index (χ0n) is 18.0. The summed E-state index contributed by atoms with van der Waals surface area (Å²) in [6.45, 7) is 5.14. The molecule has 0 radical (unpaired) electrons. The fourth-order valence-corrected chi connectivity index (χ4v) is 4.49. The molecule has 1 atom stereocenters. The molecule has 1 amide bonds. The second kappa shape index (κ2) is 10.6. The molecule has 0 aliphatic carbocycles. The standard InChI is InChI=1S/C25H24N2O5S/c1-3-17-27(22-14-8-5-9-15-22)33(30,31)23-16-10-11-20(18-23)25(29)32-19(2)24(28)26-21-12-6-4-7-13-21/h3-16,18-19H,1,17H2,2H3,(H,26,28). The van der Waals surface area contributed by atoms with E-state index in [2.05, 4.69) is 11.9 Å². The van der Waals surface area contributed by atoms with E-state index in [9.17, 15) is 18.0 Å². The third-order valence-corrected chi connectivity index (χ3v) is 6.48. The van der Waals surface area contributed by atoms with E-state index in [0.29, 0.717) is 11.4 Å². The lowest BCUT2D eigenvalue weighted by Crippen LogP contribution is -2.31. The van der Waals surface area contributed by atoms with Crippen molar-refractivity contribution in [3.05, 3.63) is 103 Å². The van der Waals surface area contributed by atoms with Crippen LogP contribution in [0.15, 0.2) is 102 Å². The maximum atomic E-state index is 13.3. The number of amides is 1. The van der Waals surface area contributed by atoms with Crippen LogP contribution in [-0.4, -0.2) is 32.9 Å². The molecule has 33 heavy (non-hydrogen) atoms. The van der Waals surface area contributed by atoms with Crippen LogP contribution in [0.1, 0.15) is 17.3 Å². The average Bonchev–Trinajstić information content (AvgIpc) is 2.83. The molecule has 7 nitrogen and oxygen atoms in total. The van der Waals surface area contributed by atoms with Gasteiger partial charge in [0.05, 0.1) is 22.7 Å². The predicted octanol–water partition coefficient (Wildman–Crippen LogP) is 4.25. The number of esters is 1. The van der Waals surface area contributed by atoms with Crippen LogP contribution in [0.25, 0.3) is 0 Å². The van der Waals surface area contributed by atoms with Crippen LogP contribution >= 0.6 is 0 Å². The number of carbonyl (C=O) groups excluding carboxylic acids is 2. The molecule has 0 saturated carbocycles. The molecule has 0 spiro atoms. The molecule has 3 aromatic carbocycles. The third-order valence-electron chi connectivity index (χ3n) is 4.69. The molecular formula is C25H24N2O5S. The molecule has 0 bridgehead atoms. The first kappa shape index (κ1) is 23.7. The molecule has 0 heterocycles. The van der Waals surface area contributed by atoms with Gasteiger partial charge in [0.15, 0.2) is 6.10 Å². The highest BCUT2D eigenvalue weighted by Gasteiger charge is 2.26. The van der Waals surface area contributed by atoms with Crippen LogP contribution < -0.4 is 9.62 Å². The molecule has 0 saturated heterocycles. The van der Waals surface area contributed by atoms with Crippen LogP contribution in [0.5, 0.6) is 0 Å². The van der Waals surface area contributed by atoms with Crippen molar-refractivity contribution in [1.29, 1.82) is 0 Å². The van der Waals surface area contributed by atoms with Gasteiger partial charge in [-0.15, -0.1) is 6.58 Å². The number of benzene rings is 3. The summed E-state index contributed by atoms with van der Waals surface area (Å²) >= 11 is 0. The Morgan fingerprint density at radius 1 is 1.00 bits per heavy atom. The first-order chi connectivity index (χ1) is 15.8. The summed E-state index contributed by atoms with van der Waals surface area (Å²) in [6.07, 6.45) is 0.398. The fourth-order valence-electron chi connectivity index (χ4n) is 3.01. The van der Waals surface area contributed by atoms with Crippen molar-refractivity contribution in [2.45, 2.75) is 17.9 Å². The first-order valence-corrected chi connectivity index (χ1v) is 11.6. The topological polar surface area (TPSA) is 92.8 Å². The molecule has 1 N–H and O–H groups in total. The lowest BCUT2D eigenvalue weighted by molar-refractivity contribution is -0.123. The number of rotatable bonds is 9. The van der Waals surface area contributed by atoms with Gasteiger partial charge in [-0.05, 0) is 49.4 Å². The van der Waals surface area contributed by atoms with E-state index in [-0.39, 0.29) is 17.0 Å². The fraction of sp³-hybridized carbons (Fsp3) is 0.120. The van der Waals surface area contributed by atoms with Crippen LogP contribution in [0.4, 0.5) is 11.4 Å². The van der Waals surface area contributed by atoms with Crippen molar-refractivity contribution >= 4 is 33.3 Å². The predicted molar refractivity (Wildman–Crippen MR) is 128 cm³/mol. The van der Waals surface area contributed by atoms with E-state index in [1.54, 1.807) is 54.6 Å². The third kappa shape index (κ3) is 5.87. The Morgan fingerprint density at radius 2 is 1.64 bits per heavy atom. The van der Waals surface area contributed by atoms with Crippen molar-refractivity contribution in [2.24, 2.45) is 0 Å². The van der Waals surface area contributed by atoms with Crippen LogP contribution in [0.3, 0.4) is 0 Å². The van der Waals surface area contributed by atoms with E-state index in [0.717, 1.165) is 0 Å². The minimum atomic E-state index is -3.98. The van der Waals surface area contributed by atoms with E-state index in [4.69, 9.17) is 4.74 Å². The molecule has 3 aromatic rings. The summed E-state index contributed by atoms with van der Waals surface area (Å²) in [7, 11) is -3.98. The van der Waals surface area contributed by atoms with E-state index in [1.165, 1.54) is 41.6 Å². The van der Waals surface area contributed by atoms with Crippen LogP contribution in [0, 0.1) is 0 Å². The number of para-hydroxylation sites is 2. The van der Waals surface area contributed by atoms with Gasteiger partial charge in [0, 0.05) is 5.69 Å². The van der Waals surface area contributed by atoms with Gasteiger partial charge in [0.25, 0.3) is 15.9 Å². The van der Waals surface area contributed by atoms with Gasteiger partial charge >= 0.3 is 5.97 Å². The highest BCUT2D eigenvalue weighted by molar-refractivity contribution is 7.92. The van der Waals surface area contributed by atoms with Gasteiger partial charge in [0.1, 0.15) is 0 Å². The Balaban J connectivity index is 1.78. The van der Waals surface area contributed by atoms with Gasteiger partial charge in [-0.3, -0.25) is 9.10 Å². The summed E-state index contributed by atoms with van der Waals surface area (Å²) in [5.74, 6) is -1.31. The lowest BCUT2D eigenvalue weighted by atomic mass is 10.2. The van der Waals surface area contributed by atoms with Crippen LogP contribution in [-0.2, 0) is 19.6 Å². The summed E-state index contributed by atoms with van der Waals surface area (Å²) in [5, 5.41) is 2.65. The molecule has 1 unspecified atom stereocenters. The second-order valence-electron chi connectivity index (χ2n) is 7.09. The van der Waals surface area contributed by atoms with Gasteiger partial charge < -0.3 is 10.1 Å². The average molecular weight is 465 g/mol. The van der Waals surface area contributed by atoms with Crippen molar-refractivity contribution in [3.8, 4) is 0 Å². The Kier molecular flexibility index (Phi) is 7.63. The van der Waals surface area contributed by atoms with E-state index in [1.807, 2.05) is 6.07 Å². The quantitative estimate of drug-likeness (QED) is 0.377. The molecule has 8 heteroatoms. The van der Waals surface area contributed by atoms with Gasteiger partial charge in [-0.25, -0.2) is 13.2 Å². The molecule has 0 aliphatic rings. The monoisotopic (exact) mass is 464 g/mol. The number of ether oxygens (including phenoxy) is 1. The van der Waals surface area contributed by atoms with Gasteiger partial charge in [-0.1, -0.05) is 48.5 Å². The van der Waals surface area contributed by atoms with Crippen molar-refractivity contribution in [3.63, 3.8) is 0 Å². The summed E-state index contributed by atoms with van der Waals surface area (Å²) < 4.78 is 33.0. The highest BCUT2D eigenvalue weighted by atomic mass is 32.2. The molecule has 170 valence electrons. The normalized spacial score (nSPS) is 11.8. The van der Waals surface area contributed by atoms with E-state index >= 15 is 0 Å². The number of hydrogen-bond acceptors (Lipinski definition) is 5. The number of anilines is 2. The lowest BCUT2D eigenvalue weighted by Gasteiger charge is -2.23. The van der Waals surface area contributed by atoms with Crippen molar-refractivity contribution < 1.29 is 22.7 Å². The zero-order valence-corrected chi connectivity index (χ0v) is 18.9. The molecule has 0 aliphatic heterocycles. The minimum absolute atomic E-state index is 0.0158. The Labute approximate surface area is 193 Å². The van der Waals surface area contributed by atoms with Crippen molar-refractivity contribution in [2.75, 3.05) is 16.2 Å². The number of sulfonamides is 1. The number of hydrogen-bond donors (Lipinski definition) is 1. The number of nitrogens with one attached hydrogen (secondary N) is 1. The smallest absolute Gasteiger partial charge is 0.338 e. The SMILES string of the molecule is C=CCN(c1ccccc1)S(=O)(=O)c1cccc(C(=O)OC(C)C(=O)Nc2ccccc2)c1. The summed E-state index contributed by atoms with van der Waals surface area (Å²) in [6, 6.07) is 22.9. The summed E-state index contributed by atoms with van der Waals surface area (Å²) in [5.41, 5.74) is 1.06. The van der Waals surface area contributed by atoms with Gasteiger partial charge in [0.2, 0.25) is 0 Å². The molecule has 3 rings (SSSR count). The Morgan fingerprint density at radius 3 is 2.27 bits per heavy atom. The van der Waals surface area contributed by atoms with Gasteiger partial charge in [-0.2, -0.15) is 0 Å². The van der Waals surface area contributed by atoms with Crippen molar-refractivity contribution in [1.82, 2.24) is 0 Å².